The van der Waals surface area contributed by atoms with E-state index in [2.05, 4.69) is 78.8 Å². The molecule has 3 heteroatoms. The fourth-order valence-corrected chi connectivity index (χ4v) is 7.99. The molecule has 0 fully saturated rings. The Hall–Kier alpha value is -1.53. The Morgan fingerprint density at radius 1 is 0.692 bits per heavy atom. The first-order chi connectivity index (χ1) is 12.0. The maximum atomic E-state index is 5.86. The molecule has 0 aromatic heterocycles. The first kappa shape index (κ1) is 20.8. The Kier molecular flexibility index (Phi) is 6.08. The van der Waals surface area contributed by atoms with Crippen LogP contribution in [0, 0.1) is 6.92 Å². The zero-order chi connectivity index (χ0) is 19.7. The van der Waals surface area contributed by atoms with Gasteiger partial charge in [-0.1, -0.05) is 79.3 Å². The highest BCUT2D eigenvalue weighted by molar-refractivity contribution is 7.69. The molecule has 142 valence electrons. The Morgan fingerprint density at radius 3 is 1.58 bits per heavy atom. The van der Waals surface area contributed by atoms with Crippen molar-refractivity contribution in [2.24, 2.45) is 0 Å². The highest BCUT2D eigenvalue weighted by Gasteiger charge is 2.39. The molecule has 0 aliphatic rings. The van der Waals surface area contributed by atoms with E-state index in [1.165, 1.54) is 22.0 Å². The van der Waals surface area contributed by atoms with E-state index in [1.807, 2.05) is 6.07 Å². The molecule has 2 aromatic carbocycles. The smallest absolute Gasteiger partial charge is 0.127 e. The highest BCUT2D eigenvalue weighted by atomic mass is 31.1. The van der Waals surface area contributed by atoms with E-state index in [4.69, 9.17) is 9.47 Å². The van der Waals surface area contributed by atoms with Crippen LogP contribution in [0.4, 0.5) is 0 Å². The summed E-state index contributed by atoms with van der Waals surface area (Å²) in [4.78, 5) is 0. The standard InChI is InChI=1S/C23H33O2P/c1-16-10-12-17(13-11-16)20-18(24-8)14-15-19(25-9)21(20)26(22(2,3)4)23(5,6)7/h10-15H,1-9H3. The van der Waals surface area contributed by atoms with Gasteiger partial charge in [0.1, 0.15) is 11.5 Å². The van der Waals surface area contributed by atoms with Crippen LogP contribution in [0.25, 0.3) is 11.1 Å². The lowest BCUT2D eigenvalue weighted by Gasteiger charge is -2.43. The van der Waals surface area contributed by atoms with Crippen LogP contribution in [0.2, 0.25) is 0 Å². The first-order valence-corrected chi connectivity index (χ1v) is 10.5. The summed E-state index contributed by atoms with van der Waals surface area (Å²) in [6, 6.07) is 12.8. The van der Waals surface area contributed by atoms with Crippen molar-refractivity contribution in [3.8, 4) is 22.6 Å². The molecule has 0 aliphatic carbocycles. The van der Waals surface area contributed by atoms with Crippen molar-refractivity contribution in [3.63, 3.8) is 0 Å². The molecule has 2 aromatic rings. The third kappa shape index (κ3) is 4.23. The summed E-state index contributed by atoms with van der Waals surface area (Å²) in [5.74, 6) is 1.86. The van der Waals surface area contributed by atoms with Gasteiger partial charge in [0.05, 0.1) is 14.2 Å². The van der Waals surface area contributed by atoms with Crippen LogP contribution < -0.4 is 14.8 Å². The second-order valence-electron chi connectivity index (χ2n) is 8.74. The quantitative estimate of drug-likeness (QED) is 0.580. The summed E-state index contributed by atoms with van der Waals surface area (Å²) < 4.78 is 11.7. The zero-order valence-corrected chi connectivity index (χ0v) is 18.6. The van der Waals surface area contributed by atoms with Crippen molar-refractivity contribution in [3.05, 3.63) is 42.0 Å². The van der Waals surface area contributed by atoms with Gasteiger partial charge in [0.25, 0.3) is 0 Å². The molecule has 0 spiro atoms. The van der Waals surface area contributed by atoms with Crippen LogP contribution in [0.1, 0.15) is 47.1 Å². The lowest BCUT2D eigenvalue weighted by molar-refractivity contribution is 0.407. The lowest BCUT2D eigenvalue weighted by atomic mass is 10.0. The van der Waals surface area contributed by atoms with Crippen molar-refractivity contribution in [2.45, 2.75) is 58.8 Å². The summed E-state index contributed by atoms with van der Waals surface area (Å²) in [6.45, 7) is 16.1. The Morgan fingerprint density at radius 2 is 1.15 bits per heavy atom. The Labute approximate surface area is 160 Å². The molecular formula is C23H33O2P. The molecule has 2 nitrogen and oxygen atoms in total. The molecule has 0 unspecified atom stereocenters. The largest absolute Gasteiger partial charge is 0.496 e. The van der Waals surface area contributed by atoms with E-state index in [-0.39, 0.29) is 10.3 Å². The van der Waals surface area contributed by atoms with Gasteiger partial charge in [-0.25, -0.2) is 0 Å². The molecule has 0 atom stereocenters. The monoisotopic (exact) mass is 372 g/mol. The third-order valence-corrected chi connectivity index (χ3v) is 8.02. The third-order valence-electron chi connectivity index (χ3n) is 4.45. The molecule has 0 bridgehead atoms. The summed E-state index contributed by atoms with van der Waals surface area (Å²) in [6.07, 6.45) is 0. The fraction of sp³-hybridized carbons (Fsp3) is 0.478. The predicted molar refractivity (Wildman–Crippen MR) is 116 cm³/mol. The minimum absolute atomic E-state index is 0.132. The van der Waals surface area contributed by atoms with E-state index in [0.717, 1.165) is 11.5 Å². The minimum atomic E-state index is -0.543. The molecule has 0 heterocycles. The van der Waals surface area contributed by atoms with Gasteiger partial charge >= 0.3 is 0 Å². The molecule has 26 heavy (non-hydrogen) atoms. The maximum Gasteiger partial charge on any atom is 0.127 e. The molecular weight excluding hydrogens is 339 g/mol. The predicted octanol–water partition coefficient (Wildman–Crippen LogP) is 6.38. The van der Waals surface area contributed by atoms with Crippen LogP contribution in [0.3, 0.4) is 0 Å². The van der Waals surface area contributed by atoms with Crippen molar-refractivity contribution in [1.82, 2.24) is 0 Å². The van der Waals surface area contributed by atoms with Gasteiger partial charge in [-0.15, -0.1) is 0 Å². The van der Waals surface area contributed by atoms with Crippen LogP contribution in [0.5, 0.6) is 11.5 Å². The zero-order valence-electron chi connectivity index (χ0n) is 17.7. The molecule has 0 saturated heterocycles. The Bertz CT molecular complexity index is 736. The van der Waals surface area contributed by atoms with E-state index in [0.29, 0.717) is 0 Å². The van der Waals surface area contributed by atoms with Crippen LogP contribution >= 0.6 is 7.92 Å². The van der Waals surface area contributed by atoms with Gasteiger partial charge in [-0.2, -0.15) is 0 Å². The van der Waals surface area contributed by atoms with E-state index in [9.17, 15) is 0 Å². The van der Waals surface area contributed by atoms with Gasteiger partial charge in [-0.3, -0.25) is 0 Å². The van der Waals surface area contributed by atoms with Gasteiger partial charge < -0.3 is 9.47 Å². The molecule has 0 amide bonds. The number of aryl methyl sites for hydroxylation is 1. The van der Waals surface area contributed by atoms with Crippen LogP contribution in [-0.2, 0) is 0 Å². The Balaban J connectivity index is 2.91. The second-order valence-corrected chi connectivity index (χ2v) is 12.5. The normalized spacial score (nSPS) is 12.4. The van der Waals surface area contributed by atoms with Crippen LogP contribution in [-0.4, -0.2) is 24.5 Å². The van der Waals surface area contributed by atoms with Gasteiger partial charge in [0.2, 0.25) is 0 Å². The van der Waals surface area contributed by atoms with E-state index >= 15 is 0 Å². The number of hydrogen-bond donors (Lipinski definition) is 0. The fourth-order valence-electron chi connectivity index (χ4n) is 3.79. The van der Waals surface area contributed by atoms with Gasteiger partial charge in [0, 0.05) is 10.9 Å². The topological polar surface area (TPSA) is 18.5 Å². The molecule has 0 saturated carbocycles. The number of methoxy groups -OCH3 is 2. The summed E-state index contributed by atoms with van der Waals surface area (Å²) >= 11 is 0. The van der Waals surface area contributed by atoms with Crippen molar-refractivity contribution in [2.75, 3.05) is 14.2 Å². The van der Waals surface area contributed by atoms with E-state index in [1.54, 1.807) is 14.2 Å². The first-order valence-electron chi connectivity index (χ1n) is 9.13. The minimum Gasteiger partial charge on any atom is -0.496 e. The summed E-state index contributed by atoms with van der Waals surface area (Å²) in [7, 11) is 2.97. The van der Waals surface area contributed by atoms with Crippen molar-refractivity contribution < 1.29 is 9.47 Å². The van der Waals surface area contributed by atoms with E-state index < -0.39 is 7.92 Å². The number of hydrogen-bond acceptors (Lipinski definition) is 2. The summed E-state index contributed by atoms with van der Waals surface area (Å²) in [5.41, 5.74) is 3.61. The highest BCUT2D eigenvalue weighted by Crippen LogP contribution is 2.61. The molecule has 0 aliphatic heterocycles. The lowest BCUT2D eigenvalue weighted by Crippen LogP contribution is -2.32. The van der Waals surface area contributed by atoms with Crippen molar-refractivity contribution in [1.29, 1.82) is 0 Å². The molecule has 0 radical (unpaired) electrons. The number of benzene rings is 2. The number of ether oxygens (including phenoxy) is 2. The average molecular weight is 372 g/mol. The summed E-state index contributed by atoms with van der Waals surface area (Å²) in [5, 5.41) is 1.56. The maximum absolute atomic E-state index is 5.86. The number of rotatable bonds is 4. The van der Waals surface area contributed by atoms with Gasteiger partial charge in [0.15, 0.2) is 0 Å². The SMILES string of the molecule is COc1ccc(OC)c(P(C(C)(C)C)C(C)(C)C)c1-c1ccc(C)cc1. The van der Waals surface area contributed by atoms with Crippen molar-refractivity contribution >= 4 is 13.2 Å². The van der Waals surface area contributed by atoms with Gasteiger partial charge in [-0.05, 0) is 34.9 Å². The molecule has 0 N–H and O–H groups in total. The average Bonchev–Trinajstić information content (AvgIpc) is 2.52. The molecule has 2 rings (SSSR count). The second kappa shape index (κ2) is 7.61. The van der Waals surface area contributed by atoms with Crippen LogP contribution in [0.15, 0.2) is 36.4 Å².